The number of carbonyl (C=O) groups excluding carboxylic acids is 3. The second-order valence-electron chi connectivity index (χ2n) is 5.11. The van der Waals surface area contributed by atoms with Crippen molar-refractivity contribution in [1.82, 2.24) is 10.2 Å². The lowest BCUT2D eigenvalue weighted by atomic mass is 9.67. The molecule has 1 aliphatic carbocycles. The van der Waals surface area contributed by atoms with Gasteiger partial charge in [0, 0.05) is 0 Å². The summed E-state index contributed by atoms with van der Waals surface area (Å²) >= 11 is 0. The molecule has 0 bridgehead atoms. The lowest BCUT2D eigenvalue weighted by molar-refractivity contribution is -0.137. The molecule has 0 aromatic heterocycles. The summed E-state index contributed by atoms with van der Waals surface area (Å²) in [5, 5.41) is 2.83. The van der Waals surface area contributed by atoms with Gasteiger partial charge < -0.3 is 10.1 Å². The van der Waals surface area contributed by atoms with Gasteiger partial charge >= 0.3 is 6.03 Å². The van der Waals surface area contributed by atoms with Crippen LogP contribution in [0.2, 0.25) is 0 Å². The molecule has 5 nitrogen and oxygen atoms in total. The smallest absolute Gasteiger partial charge is 0.323 e. The molecule has 0 radical (unpaired) electrons. The number of rotatable bonds is 2. The Morgan fingerprint density at radius 1 is 1.35 bits per heavy atom. The summed E-state index contributed by atoms with van der Waals surface area (Å²) in [4.78, 5) is 35.7. The van der Waals surface area contributed by atoms with E-state index in [2.05, 4.69) is 5.32 Å². The van der Waals surface area contributed by atoms with Crippen LogP contribution in [0.4, 0.5) is 4.79 Å². The van der Waals surface area contributed by atoms with Crippen LogP contribution in [0, 0.1) is 11.8 Å². The monoisotopic (exact) mass is 238 g/mol. The van der Waals surface area contributed by atoms with Gasteiger partial charge in [-0.05, 0) is 24.7 Å². The van der Waals surface area contributed by atoms with E-state index in [0.717, 1.165) is 24.2 Å². The van der Waals surface area contributed by atoms with Crippen molar-refractivity contribution in [2.45, 2.75) is 38.6 Å². The van der Waals surface area contributed by atoms with Gasteiger partial charge in [-0.3, -0.25) is 9.69 Å². The molecular formula is C12H18N2O3. The number of amides is 3. The fourth-order valence-corrected chi connectivity index (χ4v) is 3.19. The number of nitrogens with one attached hydrogen (secondary N) is 1. The van der Waals surface area contributed by atoms with Crippen LogP contribution in [0.15, 0.2) is 0 Å². The molecule has 2 fully saturated rings. The molecule has 3 amide bonds. The number of nitrogens with zero attached hydrogens (tertiary/aromatic N) is 1. The van der Waals surface area contributed by atoms with Crippen LogP contribution in [0.5, 0.6) is 0 Å². The largest absolute Gasteiger partial charge is 0.325 e. The molecule has 1 saturated carbocycles. The summed E-state index contributed by atoms with van der Waals surface area (Å²) in [6, 6.07) is -0.428. The van der Waals surface area contributed by atoms with Crippen LogP contribution in [-0.2, 0) is 9.59 Å². The summed E-state index contributed by atoms with van der Waals surface area (Å²) in [6.45, 7) is 3.85. The Bertz CT molecular complexity index is 357. The summed E-state index contributed by atoms with van der Waals surface area (Å²) in [5.41, 5.74) is -0.779. The van der Waals surface area contributed by atoms with E-state index < -0.39 is 11.6 Å². The molecule has 0 aromatic rings. The van der Waals surface area contributed by atoms with E-state index in [9.17, 15) is 14.4 Å². The molecule has 1 heterocycles. The molecule has 2 unspecified atom stereocenters. The molecule has 1 saturated heterocycles. The van der Waals surface area contributed by atoms with Crippen LogP contribution in [-0.4, -0.2) is 35.2 Å². The second-order valence-corrected chi connectivity index (χ2v) is 5.11. The minimum Gasteiger partial charge on any atom is -0.323 e. The van der Waals surface area contributed by atoms with Crippen molar-refractivity contribution >= 4 is 18.2 Å². The third-order valence-corrected chi connectivity index (χ3v) is 4.24. The predicted octanol–water partition coefficient (Wildman–Crippen LogP) is 0.932. The molecule has 17 heavy (non-hydrogen) atoms. The fraction of sp³-hybridized carbons (Fsp3) is 0.750. The summed E-state index contributed by atoms with van der Waals surface area (Å²) in [6.07, 6.45) is 3.55. The van der Waals surface area contributed by atoms with E-state index >= 15 is 0 Å². The molecule has 94 valence electrons. The van der Waals surface area contributed by atoms with Gasteiger partial charge in [-0.15, -0.1) is 0 Å². The quantitative estimate of drug-likeness (QED) is 0.575. The van der Waals surface area contributed by atoms with Crippen LogP contribution < -0.4 is 5.32 Å². The Kier molecular flexibility index (Phi) is 2.93. The lowest BCUT2D eigenvalue weighted by Gasteiger charge is -2.42. The first-order valence-electron chi connectivity index (χ1n) is 6.11. The van der Waals surface area contributed by atoms with Gasteiger partial charge in [0.05, 0.1) is 6.54 Å². The van der Waals surface area contributed by atoms with Crippen molar-refractivity contribution in [1.29, 1.82) is 0 Å². The van der Waals surface area contributed by atoms with Gasteiger partial charge in [0.1, 0.15) is 11.8 Å². The first-order chi connectivity index (χ1) is 8.04. The molecule has 2 aliphatic rings. The molecule has 1 spiro atoms. The molecule has 5 heteroatoms. The van der Waals surface area contributed by atoms with Crippen molar-refractivity contribution in [3.05, 3.63) is 0 Å². The van der Waals surface area contributed by atoms with E-state index in [1.807, 2.05) is 13.8 Å². The van der Waals surface area contributed by atoms with Crippen molar-refractivity contribution in [2.24, 2.45) is 11.8 Å². The van der Waals surface area contributed by atoms with Crippen molar-refractivity contribution in [3.8, 4) is 0 Å². The van der Waals surface area contributed by atoms with Gasteiger partial charge in [0.25, 0.3) is 5.91 Å². The van der Waals surface area contributed by atoms with E-state index in [1.54, 1.807) is 0 Å². The SMILES string of the molecule is CC1CCCC(C)C12NC(=O)N(CC=O)C2=O. The predicted molar refractivity (Wildman–Crippen MR) is 61.2 cm³/mol. The third kappa shape index (κ3) is 1.56. The normalized spacial score (nSPS) is 37.4. The zero-order chi connectivity index (χ0) is 12.6. The summed E-state index contributed by atoms with van der Waals surface area (Å²) in [7, 11) is 0. The summed E-state index contributed by atoms with van der Waals surface area (Å²) < 4.78 is 0. The highest BCUT2D eigenvalue weighted by molar-refractivity contribution is 6.08. The highest BCUT2D eigenvalue weighted by atomic mass is 16.2. The van der Waals surface area contributed by atoms with Crippen molar-refractivity contribution in [2.75, 3.05) is 6.54 Å². The van der Waals surface area contributed by atoms with Gasteiger partial charge in [-0.25, -0.2) is 4.79 Å². The number of urea groups is 1. The fourth-order valence-electron chi connectivity index (χ4n) is 3.19. The van der Waals surface area contributed by atoms with E-state index in [1.165, 1.54) is 0 Å². The summed E-state index contributed by atoms with van der Waals surface area (Å²) in [5.74, 6) is 0.0213. The Hall–Kier alpha value is -1.39. The zero-order valence-corrected chi connectivity index (χ0v) is 10.2. The second kappa shape index (κ2) is 4.13. The molecular weight excluding hydrogens is 220 g/mol. The van der Waals surface area contributed by atoms with Gasteiger partial charge in [-0.2, -0.15) is 0 Å². The Morgan fingerprint density at radius 3 is 2.47 bits per heavy atom. The average molecular weight is 238 g/mol. The third-order valence-electron chi connectivity index (χ3n) is 4.24. The number of hydrogen-bond donors (Lipinski definition) is 1. The van der Waals surface area contributed by atoms with Crippen molar-refractivity contribution < 1.29 is 14.4 Å². The van der Waals surface area contributed by atoms with E-state index in [-0.39, 0.29) is 24.3 Å². The lowest BCUT2D eigenvalue weighted by Crippen LogP contribution is -2.58. The van der Waals surface area contributed by atoms with Crippen molar-refractivity contribution in [3.63, 3.8) is 0 Å². The molecule has 2 rings (SSSR count). The molecule has 0 aromatic carbocycles. The van der Waals surface area contributed by atoms with E-state index in [4.69, 9.17) is 0 Å². The van der Waals surface area contributed by atoms with Crippen LogP contribution in [0.1, 0.15) is 33.1 Å². The highest BCUT2D eigenvalue weighted by Crippen LogP contribution is 2.41. The van der Waals surface area contributed by atoms with Gasteiger partial charge in [0.2, 0.25) is 0 Å². The number of carbonyl (C=O) groups is 3. The van der Waals surface area contributed by atoms with Gasteiger partial charge in [-0.1, -0.05) is 20.3 Å². The van der Waals surface area contributed by atoms with Gasteiger partial charge in [0.15, 0.2) is 0 Å². The zero-order valence-electron chi connectivity index (χ0n) is 10.2. The molecule has 1 N–H and O–H groups in total. The minimum absolute atomic E-state index is 0.124. The standard InChI is InChI=1S/C12H18N2O3/c1-8-4-3-5-9(2)12(8)10(16)14(6-7-15)11(17)13-12/h7-9H,3-6H2,1-2H3,(H,13,17). The van der Waals surface area contributed by atoms with Crippen LogP contribution in [0.25, 0.3) is 0 Å². The van der Waals surface area contributed by atoms with Crippen LogP contribution in [0.3, 0.4) is 0 Å². The van der Waals surface area contributed by atoms with E-state index in [0.29, 0.717) is 6.29 Å². The van der Waals surface area contributed by atoms with Crippen LogP contribution >= 0.6 is 0 Å². The molecule has 2 atom stereocenters. The minimum atomic E-state index is -0.779. The Labute approximate surface area is 101 Å². The average Bonchev–Trinajstić information content (AvgIpc) is 2.53. The number of hydrogen-bond acceptors (Lipinski definition) is 3. The maximum Gasteiger partial charge on any atom is 0.325 e. The highest BCUT2D eigenvalue weighted by Gasteiger charge is 2.58. The number of aldehydes is 1. The topological polar surface area (TPSA) is 66.5 Å². The first-order valence-corrected chi connectivity index (χ1v) is 6.11. The maximum atomic E-state index is 12.4. The number of imide groups is 1. The Balaban J connectivity index is 2.34. The first kappa shape index (κ1) is 12.1. The Morgan fingerprint density at radius 2 is 1.94 bits per heavy atom. The molecule has 1 aliphatic heterocycles. The maximum absolute atomic E-state index is 12.4.